The normalized spacial score (nSPS) is 12.0. The van der Waals surface area contributed by atoms with E-state index in [2.05, 4.69) is 29.8 Å². The Hall–Kier alpha value is -4.62. The standard InChI is InChI=1S/C37H39N3O3S/c1-6-34(37(43)39-32-20-15-25(4)21-26(32)5)44-31-14-10-13-30(23-31)38-36(42)33(40-35(41)29-11-8-7-9-12-29)22-27-16-18-28(19-17-27)24(2)3/h7-24,34H,6H2,1-5H3,(H,38,42)(H,39,43)(H,40,41)/b33-22+. The summed E-state index contributed by atoms with van der Waals surface area (Å²) in [5.41, 5.74) is 6.06. The van der Waals surface area contributed by atoms with Gasteiger partial charge in [0, 0.05) is 21.8 Å². The van der Waals surface area contributed by atoms with Crippen LogP contribution < -0.4 is 16.0 Å². The Morgan fingerprint density at radius 2 is 1.55 bits per heavy atom. The molecule has 0 saturated heterocycles. The van der Waals surface area contributed by atoms with Gasteiger partial charge in [0.25, 0.3) is 11.8 Å². The minimum atomic E-state index is -0.455. The first-order valence-electron chi connectivity index (χ1n) is 14.8. The molecule has 0 heterocycles. The fraction of sp³-hybridized carbons (Fsp3) is 0.216. The van der Waals surface area contributed by atoms with E-state index in [4.69, 9.17) is 0 Å². The highest BCUT2D eigenvalue weighted by molar-refractivity contribution is 8.00. The van der Waals surface area contributed by atoms with Crippen LogP contribution in [0.3, 0.4) is 0 Å². The molecule has 0 bridgehead atoms. The third kappa shape index (κ3) is 8.94. The number of carbonyl (C=O) groups excluding carboxylic acids is 3. The molecule has 0 saturated carbocycles. The third-order valence-electron chi connectivity index (χ3n) is 7.12. The van der Waals surface area contributed by atoms with Gasteiger partial charge in [0.05, 0.1) is 5.25 Å². The van der Waals surface area contributed by atoms with Crippen molar-refractivity contribution in [2.75, 3.05) is 10.6 Å². The molecule has 0 aliphatic carbocycles. The molecule has 0 fully saturated rings. The molecule has 226 valence electrons. The van der Waals surface area contributed by atoms with Crippen LogP contribution in [0.5, 0.6) is 0 Å². The maximum absolute atomic E-state index is 13.6. The van der Waals surface area contributed by atoms with Crippen molar-refractivity contribution in [3.8, 4) is 0 Å². The largest absolute Gasteiger partial charge is 0.325 e. The average Bonchev–Trinajstić information content (AvgIpc) is 3.01. The van der Waals surface area contributed by atoms with Crippen LogP contribution in [0.2, 0.25) is 0 Å². The van der Waals surface area contributed by atoms with Gasteiger partial charge in [0.15, 0.2) is 0 Å². The van der Waals surface area contributed by atoms with Gasteiger partial charge in [-0.2, -0.15) is 0 Å². The highest BCUT2D eigenvalue weighted by Crippen LogP contribution is 2.29. The smallest absolute Gasteiger partial charge is 0.272 e. The number of anilines is 2. The number of thioether (sulfide) groups is 1. The van der Waals surface area contributed by atoms with Crippen LogP contribution in [0.1, 0.15) is 65.7 Å². The topological polar surface area (TPSA) is 87.3 Å². The molecular weight excluding hydrogens is 566 g/mol. The molecule has 0 spiro atoms. The monoisotopic (exact) mass is 605 g/mol. The number of nitrogens with one attached hydrogen (secondary N) is 3. The van der Waals surface area contributed by atoms with Crippen molar-refractivity contribution in [2.45, 2.75) is 57.1 Å². The lowest BCUT2D eigenvalue weighted by molar-refractivity contribution is -0.116. The molecule has 0 aliphatic heterocycles. The maximum Gasteiger partial charge on any atom is 0.272 e. The van der Waals surface area contributed by atoms with Crippen LogP contribution in [0, 0.1) is 13.8 Å². The Bertz CT molecular complexity index is 1650. The molecule has 4 aromatic carbocycles. The fourth-order valence-electron chi connectivity index (χ4n) is 4.59. The van der Waals surface area contributed by atoms with E-state index >= 15 is 0 Å². The van der Waals surface area contributed by atoms with E-state index in [1.54, 1.807) is 36.4 Å². The number of amides is 3. The third-order valence-corrected chi connectivity index (χ3v) is 8.47. The summed E-state index contributed by atoms with van der Waals surface area (Å²) < 4.78 is 0. The Morgan fingerprint density at radius 3 is 2.20 bits per heavy atom. The van der Waals surface area contributed by atoms with Gasteiger partial charge < -0.3 is 16.0 Å². The average molecular weight is 606 g/mol. The Kier molecular flexibility index (Phi) is 11.2. The van der Waals surface area contributed by atoms with Crippen molar-refractivity contribution in [3.63, 3.8) is 0 Å². The van der Waals surface area contributed by atoms with Crippen molar-refractivity contribution < 1.29 is 14.4 Å². The van der Waals surface area contributed by atoms with Crippen LogP contribution in [0.4, 0.5) is 11.4 Å². The number of rotatable bonds is 11. The van der Waals surface area contributed by atoms with E-state index < -0.39 is 5.91 Å². The lowest BCUT2D eigenvalue weighted by Gasteiger charge is -2.17. The quantitative estimate of drug-likeness (QED) is 0.118. The van der Waals surface area contributed by atoms with Gasteiger partial charge in [-0.3, -0.25) is 14.4 Å². The first-order chi connectivity index (χ1) is 21.1. The molecular formula is C37H39N3O3S. The van der Waals surface area contributed by atoms with Crippen molar-refractivity contribution in [1.29, 1.82) is 0 Å². The second-order valence-electron chi connectivity index (χ2n) is 11.0. The summed E-state index contributed by atoms with van der Waals surface area (Å²) in [4.78, 5) is 40.5. The van der Waals surface area contributed by atoms with E-state index in [1.807, 2.05) is 87.5 Å². The molecule has 4 rings (SSSR count). The van der Waals surface area contributed by atoms with Gasteiger partial charge in [0.1, 0.15) is 5.70 Å². The van der Waals surface area contributed by atoms with E-state index in [-0.39, 0.29) is 22.8 Å². The first-order valence-corrected chi connectivity index (χ1v) is 15.6. The Balaban J connectivity index is 1.51. The molecule has 1 atom stereocenters. The molecule has 3 N–H and O–H groups in total. The number of carbonyl (C=O) groups is 3. The predicted octanol–water partition coefficient (Wildman–Crippen LogP) is 8.35. The van der Waals surface area contributed by atoms with Crippen molar-refractivity contribution in [1.82, 2.24) is 5.32 Å². The molecule has 1 unspecified atom stereocenters. The summed E-state index contributed by atoms with van der Waals surface area (Å²) >= 11 is 1.44. The minimum Gasteiger partial charge on any atom is -0.325 e. The molecule has 0 radical (unpaired) electrons. The van der Waals surface area contributed by atoms with Gasteiger partial charge in [-0.1, -0.05) is 87.0 Å². The highest BCUT2D eigenvalue weighted by Gasteiger charge is 2.20. The minimum absolute atomic E-state index is 0.0729. The zero-order valence-corrected chi connectivity index (χ0v) is 26.6. The zero-order valence-electron chi connectivity index (χ0n) is 25.8. The summed E-state index contributed by atoms with van der Waals surface area (Å²) in [6, 6.07) is 30.0. The summed E-state index contributed by atoms with van der Waals surface area (Å²) in [6.45, 7) is 10.2. The number of hydrogen-bond acceptors (Lipinski definition) is 4. The van der Waals surface area contributed by atoms with Crippen LogP contribution in [0.15, 0.2) is 108 Å². The first kappa shape index (κ1) is 32.3. The van der Waals surface area contributed by atoms with Crippen molar-refractivity contribution in [3.05, 3.63) is 131 Å². The van der Waals surface area contributed by atoms with E-state index in [9.17, 15) is 14.4 Å². The maximum atomic E-state index is 13.6. The summed E-state index contributed by atoms with van der Waals surface area (Å²) in [5.74, 6) is -0.528. The van der Waals surface area contributed by atoms with Gasteiger partial charge in [0.2, 0.25) is 5.91 Å². The number of hydrogen-bond donors (Lipinski definition) is 3. The van der Waals surface area contributed by atoms with Gasteiger partial charge in [-0.05, 0) is 85.4 Å². The number of aryl methyl sites for hydroxylation is 2. The van der Waals surface area contributed by atoms with Crippen LogP contribution in [0.25, 0.3) is 6.08 Å². The van der Waals surface area contributed by atoms with Gasteiger partial charge >= 0.3 is 0 Å². The summed E-state index contributed by atoms with van der Waals surface area (Å²) in [6.07, 6.45) is 2.30. The predicted molar refractivity (Wildman–Crippen MR) is 182 cm³/mol. The molecule has 0 aromatic heterocycles. The van der Waals surface area contributed by atoms with Crippen molar-refractivity contribution in [2.24, 2.45) is 0 Å². The fourth-order valence-corrected chi connectivity index (χ4v) is 5.60. The second kappa shape index (κ2) is 15.2. The molecule has 0 aliphatic rings. The van der Waals surface area contributed by atoms with Crippen molar-refractivity contribution >= 4 is 46.9 Å². The van der Waals surface area contributed by atoms with Crippen LogP contribution in [-0.2, 0) is 9.59 Å². The van der Waals surface area contributed by atoms with E-state index in [0.717, 1.165) is 27.3 Å². The molecule has 3 amide bonds. The van der Waals surface area contributed by atoms with E-state index in [0.29, 0.717) is 23.6 Å². The molecule has 7 heteroatoms. The molecule has 44 heavy (non-hydrogen) atoms. The Morgan fingerprint density at radius 1 is 0.818 bits per heavy atom. The highest BCUT2D eigenvalue weighted by atomic mass is 32.2. The Labute approximate surface area is 264 Å². The van der Waals surface area contributed by atoms with Gasteiger partial charge in [-0.25, -0.2) is 0 Å². The molecule has 4 aromatic rings. The van der Waals surface area contributed by atoms with Crippen LogP contribution in [-0.4, -0.2) is 23.0 Å². The van der Waals surface area contributed by atoms with Crippen LogP contribution >= 0.6 is 11.8 Å². The summed E-state index contributed by atoms with van der Waals surface area (Å²) in [5, 5.41) is 8.45. The van der Waals surface area contributed by atoms with E-state index in [1.165, 1.54) is 17.3 Å². The number of benzene rings is 4. The molecule has 6 nitrogen and oxygen atoms in total. The van der Waals surface area contributed by atoms with Gasteiger partial charge in [-0.15, -0.1) is 11.8 Å². The zero-order chi connectivity index (χ0) is 31.6. The lowest BCUT2D eigenvalue weighted by Crippen LogP contribution is -2.30. The second-order valence-corrected chi connectivity index (χ2v) is 12.3. The lowest BCUT2D eigenvalue weighted by atomic mass is 10.0. The SMILES string of the molecule is CCC(Sc1cccc(NC(=O)/C(=C\c2ccc(C(C)C)cc2)NC(=O)c2ccccc2)c1)C(=O)Nc1ccc(C)cc1C. The summed E-state index contributed by atoms with van der Waals surface area (Å²) in [7, 11) is 0.